The molecule has 0 rings (SSSR count). The summed E-state index contributed by atoms with van der Waals surface area (Å²) < 4.78 is 2.00. The van der Waals surface area contributed by atoms with Gasteiger partial charge in [-0.1, -0.05) is 19.3 Å². The molecule has 0 N–H and O–H groups in total. The van der Waals surface area contributed by atoms with Crippen LogP contribution in [0.2, 0.25) is 0 Å². The third-order valence-electron chi connectivity index (χ3n) is 0.941. The monoisotopic (exact) mass is 237 g/mol. The fourth-order valence-electron chi connectivity index (χ4n) is 0.474. The zero-order valence-electron chi connectivity index (χ0n) is 5.95. The Hall–Kier alpha value is 0.0900. The number of rotatable bonds is 3. The van der Waals surface area contributed by atoms with Crippen LogP contribution in [-0.2, 0) is 0 Å². The van der Waals surface area contributed by atoms with E-state index in [2.05, 4.69) is 41.8 Å². The van der Waals surface area contributed by atoms with Crippen LogP contribution < -0.4 is 0 Å². The van der Waals surface area contributed by atoms with Gasteiger partial charge in [-0.25, -0.2) is 0 Å². The van der Waals surface area contributed by atoms with Crippen LogP contribution in [0.3, 0.4) is 0 Å². The van der Waals surface area contributed by atoms with E-state index in [0.717, 1.165) is 6.54 Å². The van der Waals surface area contributed by atoms with Crippen LogP contribution in [0, 0.1) is 12.0 Å². The molecular weight excluding hydrogens is 225 g/mol. The van der Waals surface area contributed by atoms with Gasteiger partial charge in [0.2, 0.25) is 0 Å². The normalized spacial score (nSPS) is 7.89. The van der Waals surface area contributed by atoms with Crippen molar-refractivity contribution >= 4 is 22.9 Å². The zero-order valence-corrected chi connectivity index (χ0v) is 8.10. The lowest BCUT2D eigenvalue weighted by molar-refractivity contribution is 0.633. The van der Waals surface area contributed by atoms with Crippen molar-refractivity contribution in [3.63, 3.8) is 0 Å². The highest BCUT2D eigenvalue weighted by atomic mass is 127. The summed E-state index contributed by atoms with van der Waals surface area (Å²) in [6, 6.07) is 2.95. The molecule has 0 aliphatic heterocycles. The van der Waals surface area contributed by atoms with E-state index in [1.54, 1.807) is 0 Å². The van der Waals surface area contributed by atoms with Crippen LogP contribution >= 0.6 is 22.9 Å². The number of hydrogen-bond donors (Lipinski definition) is 0. The molecule has 9 heavy (non-hydrogen) atoms. The van der Waals surface area contributed by atoms with Gasteiger partial charge in [-0.3, -0.25) is 3.11 Å². The summed E-state index contributed by atoms with van der Waals surface area (Å²) in [6.45, 7) is 5.12. The van der Waals surface area contributed by atoms with Gasteiger partial charge in [-0.2, -0.15) is 0 Å². The SMILES string of the molecule is CC#CN(I)CCCC. The Morgan fingerprint density at radius 1 is 1.56 bits per heavy atom. The Morgan fingerprint density at radius 2 is 2.22 bits per heavy atom. The predicted molar refractivity (Wildman–Crippen MR) is 49.1 cm³/mol. The van der Waals surface area contributed by atoms with Gasteiger partial charge in [0.15, 0.2) is 0 Å². The number of nitrogens with zero attached hydrogens (tertiary/aromatic N) is 1. The molecule has 0 heterocycles. The van der Waals surface area contributed by atoms with Crippen molar-refractivity contribution in [3.8, 4) is 12.0 Å². The van der Waals surface area contributed by atoms with Crippen molar-refractivity contribution in [2.24, 2.45) is 0 Å². The van der Waals surface area contributed by atoms with E-state index >= 15 is 0 Å². The average molecular weight is 237 g/mol. The van der Waals surface area contributed by atoms with Crippen LogP contribution in [0.5, 0.6) is 0 Å². The molecule has 1 nitrogen and oxygen atoms in total. The van der Waals surface area contributed by atoms with Crippen molar-refractivity contribution in [2.45, 2.75) is 26.7 Å². The van der Waals surface area contributed by atoms with Crippen molar-refractivity contribution < 1.29 is 0 Å². The molecule has 0 radical (unpaired) electrons. The van der Waals surface area contributed by atoms with Gasteiger partial charge in [0, 0.05) is 12.6 Å². The van der Waals surface area contributed by atoms with E-state index < -0.39 is 0 Å². The second kappa shape index (κ2) is 6.21. The van der Waals surface area contributed by atoms with Crippen LogP contribution in [-0.4, -0.2) is 9.66 Å². The number of hydrogen-bond acceptors (Lipinski definition) is 1. The summed E-state index contributed by atoms with van der Waals surface area (Å²) in [5.74, 6) is 2.84. The fourth-order valence-corrected chi connectivity index (χ4v) is 1.06. The zero-order chi connectivity index (χ0) is 7.11. The minimum atomic E-state index is 1.08. The van der Waals surface area contributed by atoms with Crippen LogP contribution in [0.15, 0.2) is 0 Å². The van der Waals surface area contributed by atoms with Crippen LogP contribution in [0.1, 0.15) is 26.7 Å². The van der Waals surface area contributed by atoms with Gasteiger partial charge < -0.3 is 0 Å². The summed E-state index contributed by atoms with van der Waals surface area (Å²) in [5.41, 5.74) is 0. The molecule has 0 aromatic heterocycles. The van der Waals surface area contributed by atoms with E-state index in [9.17, 15) is 0 Å². The first kappa shape index (κ1) is 9.09. The third-order valence-corrected chi connectivity index (χ3v) is 1.66. The Kier molecular flexibility index (Phi) is 6.28. The van der Waals surface area contributed by atoms with Gasteiger partial charge in [-0.15, -0.1) is 0 Å². The third kappa shape index (κ3) is 5.97. The summed E-state index contributed by atoms with van der Waals surface area (Å²) in [7, 11) is 0. The largest absolute Gasteiger partial charge is 0.274 e. The maximum atomic E-state index is 2.95. The minimum absolute atomic E-state index is 1.08. The molecule has 52 valence electrons. The van der Waals surface area contributed by atoms with E-state index in [4.69, 9.17) is 0 Å². The second-order valence-corrected chi connectivity index (χ2v) is 2.97. The van der Waals surface area contributed by atoms with Gasteiger partial charge in [-0.05, 0) is 13.3 Å². The van der Waals surface area contributed by atoms with Gasteiger partial charge in [0.05, 0.1) is 22.9 Å². The molecule has 0 fully saturated rings. The molecule has 0 aliphatic rings. The Balaban J connectivity index is 3.23. The standard InChI is InChI=1S/C7H12IN/c1-3-5-7-9(8)6-4-2/h3,5,7H2,1-2H3. The highest BCUT2D eigenvalue weighted by Gasteiger charge is 1.88. The van der Waals surface area contributed by atoms with Crippen molar-refractivity contribution in [3.05, 3.63) is 0 Å². The lowest BCUT2D eigenvalue weighted by Crippen LogP contribution is -2.04. The van der Waals surface area contributed by atoms with Crippen LogP contribution in [0.4, 0.5) is 0 Å². The lowest BCUT2D eigenvalue weighted by atomic mass is 10.3. The van der Waals surface area contributed by atoms with Gasteiger partial charge in [0.1, 0.15) is 0 Å². The fraction of sp³-hybridized carbons (Fsp3) is 0.714. The lowest BCUT2D eigenvalue weighted by Gasteiger charge is -2.04. The first-order valence-electron chi connectivity index (χ1n) is 3.17. The Labute approximate surface area is 71.3 Å². The van der Waals surface area contributed by atoms with Crippen molar-refractivity contribution in [2.75, 3.05) is 6.54 Å². The smallest absolute Gasteiger partial charge is 0.0676 e. The van der Waals surface area contributed by atoms with Crippen LogP contribution in [0.25, 0.3) is 0 Å². The quantitative estimate of drug-likeness (QED) is 0.315. The Morgan fingerprint density at radius 3 is 2.67 bits per heavy atom. The first-order chi connectivity index (χ1) is 4.31. The summed E-state index contributed by atoms with van der Waals surface area (Å²) in [5, 5.41) is 0. The summed E-state index contributed by atoms with van der Waals surface area (Å²) >= 11 is 2.22. The van der Waals surface area contributed by atoms with E-state index in [0.29, 0.717) is 0 Å². The predicted octanol–water partition coefficient (Wildman–Crippen LogP) is 2.42. The molecule has 0 aromatic carbocycles. The van der Waals surface area contributed by atoms with Gasteiger partial charge >= 0.3 is 0 Å². The van der Waals surface area contributed by atoms with E-state index in [1.807, 2.05) is 10.0 Å². The highest BCUT2D eigenvalue weighted by Crippen LogP contribution is 1.98. The minimum Gasteiger partial charge on any atom is -0.274 e. The number of unbranched alkanes of at least 4 members (excludes halogenated alkanes) is 1. The molecule has 0 saturated carbocycles. The highest BCUT2D eigenvalue weighted by molar-refractivity contribution is 14.1. The molecule has 0 aliphatic carbocycles. The molecule has 0 aromatic rings. The topological polar surface area (TPSA) is 3.24 Å². The summed E-state index contributed by atoms with van der Waals surface area (Å²) in [4.78, 5) is 0. The molecule has 0 spiro atoms. The maximum Gasteiger partial charge on any atom is 0.0676 e. The molecule has 0 unspecified atom stereocenters. The molecule has 0 bridgehead atoms. The summed E-state index contributed by atoms with van der Waals surface area (Å²) in [6.07, 6.45) is 2.47. The van der Waals surface area contributed by atoms with Crippen molar-refractivity contribution in [1.29, 1.82) is 0 Å². The maximum absolute atomic E-state index is 2.95. The molecule has 0 saturated heterocycles. The number of halogens is 1. The second-order valence-electron chi connectivity index (χ2n) is 1.80. The van der Waals surface area contributed by atoms with E-state index in [-0.39, 0.29) is 0 Å². The Bertz CT molecular complexity index is 112. The molecule has 0 amide bonds. The van der Waals surface area contributed by atoms with Gasteiger partial charge in [0.25, 0.3) is 0 Å². The van der Waals surface area contributed by atoms with Crippen molar-refractivity contribution in [1.82, 2.24) is 3.11 Å². The van der Waals surface area contributed by atoms with E-state index in [1.165, 1.54) is 12.8 Å². The average Bonchev–Trinajstić information content (AvgIpc) is 1.85. The first-order valence-corrected chi connectivity index (χ1v) is 4.13. The molecule has 0 atom stereocenters. The molecule has 2 heteroatoms. The molecular formula is C7H12IN.